The summed E-state index contributed by atoms with van der Waals surface area (Å²) in [5.74, 6) is 0. The van der Waals surface area contributed by atoms with Crippen molar-refractivity contribution in [2.24, 2.45) is 0 Å². The fourth-order valence-electron chi connectivity index (χ4n) is 0.452. The molecule has 0 aliphatic rings. The fourth-order valence-corrected chi connectivity index (χ4v) is 1.60. The van der Waals surface area contributed by atoms with E-state index in [0.29, 0.717) is 0 Å². The predicted molar refractivity (Wildman–Crippen MR) is 54.2 cm³/mol. The molecule has 0 unspecified atom stereocenters. The summed E-state index contributed by atoms with van der Waals surface area (Å²) >= 11 is 4.98. The molecule has 0 saturated carbocycles. The number of thiophene rings is 1. The lowest BCUT2D eigenvalue weighted by Crippen LogP contribution is -1.84. The third kappa shape index (κ3) is 8.04. The quantitative estimate of drug-likeness (QED) is 0.764. The van der Waals surface area contributed by atoms with Gasteiger partial charge in [0.25, 0.3) is 0 Å². The molecule has 1 rings (SSSR count). The highest BCUT2D eigenvalue weighted by Crippen LogP contribution is 2.11. The molecule has 64 valence electrons. The molecule has 0 aliphatic heterocycles. The third-order valence-corrected chi connectivity index (χ3v) is 2.37. The average molecular weight is 237 g/mol. The molecule has 0 bridgehead atoms. The van der Waals surface area contributed by atoms with Crippen molar-refractivity contribution in [3.05, 3.63) is 21.3 Å². The van der Waals surface area contributed by atoms with Crippen LogP contribution in [0.3, 0.4) is 0 Å². The lowest BCUT2D eigenvalue weighted by atomic mass is 10.7. The Labute approximate surface area is 80.5 Å². The first-order valence-corrected chi connectivity index (χ1v) is 5.30. The van der Waals surface area contributed by atoms with Crippen LogP contribution in [-0.2, 0) is 4.74 Å². The van der Waals surface area contributed by atoms with Crippen LogP contribution in [0.4, 0.5) is 0 Å². The van der Waals surface area contributed by atoms with Gasteiger partial charge in [-0.2, -0.15) is 11.3 Å². The van der Waals surface area contributed by atoms with Gasteiger partial charge in [-0.25, -0.2) is 0 Å². The van der Waals surface area contributed by atoms with Crippen molar-refractivity contribution < 1.29 is 4.74 Å². The minimum absolute atomic E-state index is 0.844. The molecule has 0 amide bonds. The zero-order valence-electron chi connectivity index (χ0n) is 6.84. The third-order valence-electron chi connectivity index (χ3n) is 0.895. The van der Waals surface area contributed by atoms with Crippen LogP contribution in [0.15, 0.2) is 21.3 Å². The first-order chi connectivity index (χ1) is 5.31. The average Bonchev–Trinajstić information content (AvgIpc) is 2.43. The SMILES string of the molecule is Brc1ccsc1.CCOCC. The molecule has 0 N–H and O–H groups in total. The van der Waals surface area contributed by atoms with Crippen LogP contribution in [0, 0.1) is 0 Å². The first kappa shape index (κ1) is 11.1. The summed E-state index contributed by atoms with van der Waals surface area (Å²) in [5, 5.41) is 4.07. The summed E-state index contributed by atoms with van der Waals surface area (Å²) in [5.41, 5.74) is 0. The van der Waals surface area contributed by atoms with E-state index in [2.05, 4.69) is 15.9 Å². The maximum atomic E-state index is 4.83. The van der Waals surface area contributed by atoms with Gasteiger partial charge in [-0.05, 0) is 41.2 Å². The van der Waals surface area contributed by atoms with E-state index in [9.17, 15) is 0 Å². The van der Waals surface area contributed by atoms with Gasteiger partial charge in [-0.15, -0.1) is 0 Å². The molecule has 0 aromatic carbocycles. The van der Waals surface area contributed by atoms with E-state index in [-0.39, 0.29) is 0 Å². The maximum absolute atomic E-state index is 4.83. The van der Waals surface area contributed by atoms with Crippen LogP contribution < -0.4 is 0 Å². The van der Waals surface area contributed by atoms with E-state index in [1.165, 1.54) is 4.47 Å². The summed E-state index contributed by atoms with van der Waals surface area (Å²) in [6.45, 7) is 5.67. The van der Waals surface area contributed by atoms with E-state index in [1.807, 2.05) is 30.7 Å². The second-order valence-electron chi connectivity index (χ2n) is 1.72. The van der Waals surface area contributed by atoms with Gasteiger partial charge in [0.2, 0.25) is 0 Å². The molecule has 1 aromatic heterocycles. The second kappa shape index (κ2) is 8.24. The van der Waals surface area contributed by atoms with Crippen LogP contribution in [0.5, 0.6) is 0 Å². The molecular weight excluding hydrogens is 224 g/mol. The van der Waals surface area contributed by atoms with Gasteiger partial charge < -0.3 is 4.74 Å². The summed E-state index contributed by atoms with van der Waals surface area (Å²) in [4.78, 5) is 0. The van der Waals surface area contributed by atoms with Crippen molar-refractivity contribution in [3.63, 3.8) is 0 Å². The Morgan fingerprint density at radius 1 is 1.45 bits per heavy atom. The smallest absolute Gasteiger partial charge is 0.0437 e. The van der Waals surface area contributed by atoms with E-state index < -0.39 is 0 Å². The standard InChI is InChI=1S/C4H3BrS.C4H10O/c5-4-1-2-6-3-4;1-3-5-4-2/h1-3H;3-4H2,1-2H3. The Bertz CT molecular complexity index is 149. The van der Waals surface area contributed by atoms with Crippen LogP contribution in [0.2, 0.25) is 0 Å². The lowest BCUT2D eigenvalue weighted by molar-refractivity contribution is 0.162. The van der Waals surface area contributed by atoms with Crippen LogP contribution in [0.25, 0.3) is 0 Å². The van der Waals surface area contributed by atoms with Gasteiger partial charge in [-0.1, -0.05) is 0 Å². The zero-order valence-corrected chi connectivity index (χ0v) is 9.24. The lowest BCUT2D eigenvalue weighted by Gasteiger charge is -1.86. The largest absolute Gasteiger partial charge is 0.382 e. The van der Waals surface area contributed by atoms with E-state index >= 15 is 0 Å². The monoisotopic (exact) mass is 236 g/mol. The number of halogens is 1. The first-order valence-electron chi connectivity index (χ1n) is 3.56. The highest BCUT2D eigenvalue weighted by atomic mass is 79.9. The van der Waals surface area contributed by atoms with Crippen LogP contribution in [-0.4, -0.2) is 13.2 Å². The van der Waals surface area contributed by atoms with Crippen molar-refractivity contribution in [2.75, 3.05) is 13.2 Å². The Hall–Kier alpha value is 0.140. The molecule has 0 radical (unpaired) electrons. The number of ether oxygens (including phenoxy) is 1. The van der Waals surface area contributed by atoms with Gasteiger partial charge in [0.1, 0.15) is 0 Å². The summed E-state index contributed by atoms with van der Waals surface area (Å²) in [6, 6.07) is 2.02. The van der Waals surface area contributed by atoms with Crippen molar-refractivity contribution in [2.45, 2.75) is 13.8 Å². The summed E-state index contributed by atoms with van der Waals surface area (Å²) < 4.78 is 6.01. The van der Waals surface area contributed by atoms with Crippen molar-refractivity contribution in [1.82, 2.24) is 0 Å². The summed E-state index contributed by atoms with van der Waals surface area (Å²) in [7, 11) is 0. The van der Waals surface area contributed by atoms with E-state index in [0.717, 1.165) is 13.2 Å². The van der Waals surface area contributed by atoms with Crippen LogP contribution in [0.1, 0.15) is 13.8 Å². The molecule has 1 heterocycles. The van der Waals surface area contributed by atoms with Gasteiger partial charge in [0.05, 0.1) is 0 Å². The Morgan fingerprint density at radius 3 is 2.18 bits per heavy atom. The Balaban J connectivity index is 0.000000187. The predicted octanol–water partition coefficient (Wildman–Crippen LogP) is 3.55. The number of hydrogen-bond acceptors (Lipinski definition) is 2. The minimum atomic E-state index is 0.844. The molecule has 11 heavy (non-hydrogen) atoms. The Morgan fingerprint density at radius 2 is 2.09 bits per heavy atom. The van der Waals surface area contributed by atoms with Gasteiger partial charge >= 0.3 is 0 Å². The topological polar surface area (TPSA) is 9.23 Å². The zero-order chi connectivity index (χ0) is 8.53. The second-order valence-corrected chi connectivity index (χ2v) is 3.42. The normalized spacial score (nSPS) is 8.64. The number of rotatable bonds is 2. The molecule has 1 nitrogen and oxygen atoms in total. The molecule has 0 aliphatic carbocycles. The highest BCUT2D eigenvalue weighted by molar-refractivity contribution is 9.10. The van der Waals surface area contributed by atoms with E-state index in [4.69, 9.17) is 4.74 Å². The molecule has 0 saturated heterocycles. The molecule has 1 aromatic rings. The van der Waals surface area contributed by atoms with Crippen molar-refractivity contribution in [3.8, 4) is 0 Å². The van der Waals surface area contributed by atoms with Crippen LogP contribution >= 0.6 is 27.3 Å². The molecular formula is C8H13BrOS. The van der Waals surface area contributed by atoms with E-state index in [1.54, 1.807) is 11.3 Å². The highest BCUT2D eigenvalue weighted by Gasteiger charge is 1.77. The molecule has 0 atom stereocenters. The maximum Gasteiger partial charge on any atom is 0.0437 e. The molecule has 3 heteroatoms. The molecule has 0 fully saturated rings. The minimum Gasteiger partial charge on any atom is -0.382 e. The Kier molecular flexibility index (Phi) is 8.34. The number of hydrogen-bond donors (Lipinski definition) is 0. The van der Waals surface area contributed by atoms with Crippen molar-refractivity contribution >= 4 is 27.3 Å². The van der Waals surface area contributed by atoms with Gasteiger partial charge in [0, 0.05) is 23.1 Å². The van der Waals surface area contributed by atoms with Gasteiger partial charge in [-0.3, -0.25) is 0 Å². The summed E-state index contributed by atoms with van der Waals surface area (Å²) in [6.07, 6.45) is 0. The molecule has 0 spiro atoms. The van der Waals surface area contributed by atoms with Gasteiger partial charge in [0.15, 0.2) is 0 Å². The fraction of sp³-hybridized carbons (Fsp3) is 0.500. The van der Waals surface area contributed by atoms with Crippen molar-refractivity contribution in [1.29, 1.82) is 0 Å².